The highest BCUT2D eigenvalue weighted by atomic mass is 32.1. The minimum atomic E-state index is -0.438. The summed E-state index contributed by atoms with van der Waals surface area (Å²) in [5, 5.41) is 4.53. The van der Waals surface area contributed by atoms with Crippen molar-refractivity contribution in [1.82, 2.24) is 9.38 Å². The predicted octanol–water partition coefficient (Wildman–Crippen LogP) is 3.74. The summed E-state index contributed by atoms with van der Waals surface area (Å²) in [6.07, 6.45) is 7.60. The van der Waals surface area contributed by atoms with Crippen molar-refractivity contribution < 1.29 is 4.79 Å². The van der Waals surface area contributed by atoms with E-state index < -0.39 is 5.91 Å². The molecule has 0 aliphatic rings. The van der Waals surface area contributed by atoms with E-state index in [0.717, 1.165) is 6.42 Å². The zero-order valence-corrected chi connectivity index (χ0v) is 14.3. The Bertz CT molecular complexity index is 897. The lowest BCUT2D eigenvalue weighted by atomic mass is 10.1. The van der Waals surface area contributed by atoms with Gasteiger partial charge in [-0.25, -0.2) is 4.98 Å². The number of hydrogen-bond donors (Lipinski definition) is 1. The van der Waals surface area contributed by atoms with Gasteiger partial charge in [-0.2, -0.15) is 0 Å². The number of benzene rings is 1. The summed E-state index contributed by atoms with van der Waals surface area (Å²) in [4.78, 5) is 29.3. The molecule has 0 atom stereocenters. The summed E-state index contributed by atoms with van der Waals surface area (Å²) in [6, 6.07) is 7.76. The topological polar surface area (TPSA) is 63.5 Å². The van der Waals surface area contributed by atoms with Gasteiger partial charge in [0.1, 0.15) is 5.56 Å². The average molecular weight is 341 g/mol. The number of nitrogens with zero attached hydrogens (tertiary/aromatic N) is 2. The van der Waals surface area contributed by atoms with E-state index in [4.69, 9.17) is 0 Å². The first-order valence-corrected chi connectivity index (χ1v) is 8.92. The Balaban J connectivity index is 1.71. The van der Waals surface area contributed by atoms with Crippen LogP contribution in [0, 0.1) is 0 Å². The Morgan fingerprint density at radius 2 is 2.04 bits per heavy atom. The van der Waals surface area contributed by atoms with E-state index in [-0.39, 0.29) is 11.1 Å². The molecule has 2 heterocycles. The molecular weight excluding hydrogens is 322 g/mol. The number of fused-ring (bicyclic) bond motifs is 1. The molecule has 0 aliphatic carbocycles. The molecule has 0 bridgehead atoms. The third kappa shape index (κ3) is 3.54. The molecule has 0 radical (unpaired) electrons. The lowest BCUT2D eigenvalue weighted by Gasteiger charge is -2.06. The normalized spacial score (nSPS) is 10.9. The van der Waals surface area contributed by atoms with Crippen molar-refractivity contribution in [2.45, 2.75) is 32.6 Å². The average Bonchev–Trinajstić information content (AvgIpc) is 3.06. The van der Waals surface area contributed by atoms with Crippen LogP contribution in [-0.4, -0.2) is 15.3 Å². The monoisotopic (exact) mass is 341 g/mol. The molecule has 24 heavy (non-hydrogen) atoms. The molecule has 5 nitrogen and oxygen atoms in total. The van der Waals surface area contributed by atoms with E-state index in [2.05, 4.69) is 17.2 Å². The molecule has 124 valence electrons. The fourth-order valence-electron chi connectivity index (χ4n) is 2.51. The van der Waals surface area contributed by atoms with Gasteiger partial charge in [0.25, 0.3) is 11.5 Å². The number of unbranched alkanes of at least 4 members (excludes halogenated alkanes) is 2. The van der Waals surface area contributed by atoms with Crippen molar-refractivity contribution in [3.05, 3.63) is 63.5 Å². The lowest BCUT2D eigenvalue weighted by molar-refractivity contribution is 0.102. The number of carbonyl (C=O) groups is 1. The van der Waals surface area contributed by atoms with Crippen molar-refractivity contribution in [1.29, 1.82) is 0 Å². The maximum atomic E-state index is 12.3. The zero-order valence-electron chi connectivity index (χ0n) is 13.5. The molecule has 0 spiro atoms. The Labute approximate surface area is 144 Å². The van der Waals surface area contributed by atoms with E-state index in [1.807, 2.05) is 24.3 Å². The number of anilines is 1. The summed E-state index contributed by atoms with van der Waals surface area (Å²) in [6.45, 7) is 2.18. The van der Waals surface area contributed by atoms with E-state index in [9.17, 15) is 9.59 Å². The van der Waals surface area contributed by atoms with Gasteiger partial charge < -0.3 is 5.32 Å². The fraction of sp³-hybridized carbons (Fsp3) is 0.278. The Morgan fingerprint density at radius 3 is 2.79 bits per heavy atom. The van der Waals surface area contributed by atoms with Gasteiger partial charge in [-0.3, -0.25) is 14.0 Å². The van der Waals surface area contributed by atoms with Crippen LogP contribution in [0.5, 0.6) is 0 Å². The van der Waals surface area contributed by atoms with Gasteiger partial charge in [0.15, 0.2) is 4.96 Å². The molecule has 0 unspecified atom stereocenters. The molecule has 0 saturated heterocycles. The second-order valence-electron chi connectivity index (χ2n) is 5.64. The maximum Gasteiger partial charge on any atom is 0.271 e. The quantitative estimate of drug-likeness (QED) is 0.695. The number of aryl methyl sites for hydroxylation is 1. The number of hydrogen-bond acceptors (Lipinski definition) is 4. The van der Waals surface area contributed by atoms with Crippen LogP contribution in [0.15, 0.2) is 46.8 Å². The van der Waals surface area contributed by atoms with Gasteiger partial charge in [0.2, 0.25) is 0 Å². The minimum Gasteiger partial charge on any atom is -0.322 e. The summed E-state index contributed by atoms with van der Waals surface area (Å²) in [7, 11) is 0. The van der Waals surface area contributed by atoms with Crippen LogP contribution in [0.25, 0.3) is 4.96 Å². The highest BCUT2D eigenvalue weighted by Gasteiger charge is 2.14. The lowest BCUT2D eigenvalue weighted by Crippen LogP contribution is -2.25. The maximum absolute atomic E-state index is 12.3. The predicted molar refractivity (Wildman–Crippen MR) is 97.0 cm³/mol. The fourth-order valence-corrected chi connectivity index (χ4v) is 3.19. The van der Waals surface area contributed by atoms with Gasteiger partial charge in [0.05, 0.1) is 0 Å². The highest BCUT2D eigenvalue weighted by Crippen LogP contribution is 2.13. The van der Waals surface area contributed by atoms with Crippen molar-refractivity contribution in [3.63, 3.8) is 0 Å². The van der Waals surface area contributed by atoms with E-state index in [1.54, 1.807) is 11.6 Å². The molecular formula is C18H19N3O2S. The number of thiazole rings is 1. The summed E-state index contributed by atoms with van der Waals surface area (Å²) >= 11 is 1.36. The number of amides is 1. The number of nitrogens with one attached hydrogen (secondary N) is 1. The minimum absolute atomic E-state index is 0.0397. The molecule has 6 heteroatoms. The van der Waals surface area contributed by atoms with Gasteiger partial charge in [-0.05, 0) is 30.5 Å². The molecule has 1 amide bonds. The first kappa shape index (κ1) is 16.4. The standard InChI is InChI=1S/C18H19N3O2S/c1-2-3-4-5-13-6-8-14(9-7-13)20-16(22)15-12-19-18-21(17(15)23)10-11-24-18/h6-12H,2-5H2,1H3,(H,20,22). The largest absolute Gasteiger partial charge is 0.322 e. The molecule has 3 aromatic rings. The van der Waals surface area contributed by atoms with E-state index >= 15 is 0 Å². The molecule has 1 aromatic carbocycles. The van der Waals surface area contributed by atoms with Crippen molar-refractivity contribution in [3.8, 4) is 0 Å². The zero-order chi connectivity index (χ0) is 16.9. The second-order valence-corrected chi connectivity index (χ2v) is 6.51. The third-order valence-electron chi connectivity index (χ3n) is 3.87. The van der Waals surface area contributed by atoms with E-state index in [1.165, 1.54) is 46.8 Å². The van der Waals surface area contributed by atoms with Crippen LogP contribution in [0.3, 0.4) is 0 Å². The number of rotatable bonds is 6. The Hall–Kier alpha value is -2.47. The molecule has 1 N–H and O–H groups in total. The van der Waals surface area contributed by atoms with Crippen LogP contribution in [0.2, 0.25) is 0 Å². The van der Waals surface area contributed by atoms with Crippen LogP contribution in [-0.2, 0) is 6.42 Å². The smallest absolute Gasteiger partial charge is 0.271 e. The van der Waals surface area contributed by atoms with Crippen molar-refractivity contribution in [2.75, 3.05) is 5.32 Å². The molecule has 0 aliphatic heterocycles. The van der Waals surface area contributed by atoms with Crippen LogP contribution < -0.4 is 10.9 Å². The van der Waals surface area contributed by atoms with E-state index in [0.29, 0.717) is 10.6 Å². The summed E-state index contributed by atoms with van der Waals surface area (Å²) < 4.78 is 1.39. The van der Waals surface area contributed by atoms with Crippen molar-refractivity contribution in [2.24, 2.45) is 0 Å². The SMILES string of the molecule is CCCCCc1ccc(NC(=O)c2cnc3sccn3c2=O)cc1. The van der Waals surface area contributed by atoms with Gasteiger partial charge in [-0.15, -0.1) is 11.3 Å². The van der Waals surface area contributed by atoms with Gasteiger partial charge in [0, 0.05) is 23.5 Å². The molecule has 0 fully saturated rings. The first-order chi connectivity index (χ1) is 11.7. The summed E-state index contributed by atoms with van der Waals surface area (Å²) in [5.41, 5.74) is 1.62. The molecule has 0 saturated carbocycles. The Morgan fingerprint density at radius 1 is 1.25 bits per heavy atom. The van der Waals surface area contributed by atoms with Gasteiger partial charge in [-0.1, -0.05) is 31.9 Å². The number of carbonyl (C=O) groups excluding carboxylic acids is 1. The first-order valence-electron chi connectivity index (χ1n) is 8.04. The third-order valence-corrected chi connectivity index (χ3v) is 4.64. The van der Waals surface area contributed by atoms with Crippen LogP contribution >= 0.6 is 11.3 Å². The van der Waals surface area contributed by atoms with Gasteiger partial charge >= 0.3 is 0 Å². The highest BCUT2D eigenvalue weighted by molar-refractivity contribution is 7.15. The van der Waals surface area contributed by atoms with Crippen molar-refractivity contribution >= 4 is 27.9 Å². The van der Waals surface area contributed by atoms with Crippen LogP contribution in [0.4, 0.5) is 5.69 Å². The summed E-state index contributed by atoms with van der Waals surface area (Å²) in [5.74, 6) is -0.438. The second kappa shape index (κ2) is 7.40. The molecule has 3 rings (SSSR count). The number of aromatic nitrogens is 2. The Kier molecular flexibility index (Phi) is 5.05. The van der Waals surface area contributed by atoms with Crippen LogP contribution in [0.1, 0.15) is 42.1 Å². The molecule has 2 aromatic heterocycles.